The lowest BCUT2D eigenvalue weighted by Gasteiger charge is -2.52. The zero-order chi connectivity index (χ0) is 18.0. The lowest BCUT2D eigenvalue weighted by molar-refractivity contribution is -0.144. The molecule has 6 nitrogen and oxygen atoms in total. The van der Waals surface area contributed by atoms with E-state index in [-0.39, 0.29) is 12.0 Å². The van der Waals surface area contributed by atoms with Crippen LogP contribution in [0.2, 0.25) is 0 Å². The van der Waals surface area contributed by atoms with E-state index < -0.39 is 11.1 Å². The van der Waals surface area contributed by atoms with Crippen molar-refractivity contribution in [1.82, 2.24) is 15.1 Å². The van der Waals surface area contributed by atoms with Crippen molar-refractivity contribution in [3.8, 4) is 0 Å². The summed E-state index contributed by atoms with van der Waals surface area (Å²) < 4.78 is 5.38. The maximum atomic E-state index is 12.5. The highest BCUT2D eigenvalue weighted by atomic mass is 16.6. The monoisotopic (exact) mass is 333 g/mol. The second-order valence-electron chi connectivity index (χ2n) is 7.29. The SMILES string of the molecule is CNC(=O)C1(N(C)Cc2ccccc2)CN(C(=O)OC(C)(C)C)C1. The van der Waals surface area contributed by atoms with E-state index in [1.54, 1.807) is 11.9 Å². The molecule has 0 unspecified atom stereocenters. The molecule has 1 fully saturated rings. The van der Waals surface area contributed by atoms with Crippen LogP contribution in [-0.2, 0) is 16.1 Å². The molecule has 1 aromatic carbocycles. The van der Waals surface area contributed by atoms with Gasteiger partial charge in [0.2, 0.25) is 5.91 Å². The fourth-order valence-electron chi connectivity index (χ4n) is 2.84. The molecule has 1 heterocycles. The molecule has 0 bridgehead atoms. The summed E-state index contributed by atoms with van der Waals surface area (Å²) >= 11 is 0. The van der Waals surface area contributed by atoms with Gasteiger partial charge in [-0.3, -0.25) is 9.69 Å². The fourth-order valence-corrected chi connectivity index (χ4v) is 2.84. The number of likely N-dealkylation sites (tertiary alicyclic amines) is 1. The molecule has 1 aliphatic heterocycles. The number of likely N-dealkylation sites (N-methyl/N-ethyl adjacent to an activating group) is 2. The highest BCUT2D eigenvalue weighted by Crippen LogP contribution is 2.30. The number of nitrogens with zero attached hydrogens (tertiary/aromatic N) is 2. The number of carbonyl (C=O) groups is 2. The standard InChI is InChI=1S/C18H27N3O3/c1-17(2,3)24-16(23)21-12-18(13-21,15(22)19-4)20(5)11-14-9-7-6-8-10-14/h6-10H,11-13H2,1-5H3,(H,19,22). The van der Waals surface area contributed by atoms with Crippen LogP contribution in [0.25, 0.3) is 0 Å². The van der Waals surface area contributed by atoms with Crippen molar-refractivity contribution >= 4 is 12.0 Å². The number of nitrogens with one attached hydrogen (secondary N) is 1. The highest BCUT2D eigenvalue weighted by molar-refractivity contribution is 5.90. The van der Waals surface area contributed by atoms with E-state index in [1.165, 1.54) is 0 Å². The summed E-state index contributed by atoms with van der Waals surface area (Å²) in [5.74, 6) is -0.0826. The van der Waals surface area contributed by atoms with Gasteiger partial charge in [-0.2, -0.15) is 0 Å². The number of rotatable bonds is 4. The average Bonchev–Trinajstić information content (AvgIpc) is 2.45. The third kappa shape index (κ3) is 3.87. The molecule has 0 atom stereocenters. The van der Waals surface area contributed by atoms with E-state index in [1.807, 2.05) is 63.1 Å². The molecule has 6 heteroatoms. The van der Waals surface area contributed by atoms with Gasteiger partial charge in [-0.1, -0.05) is 30.3 Å². The first kappa shape index (κ1) is 18.3. The van der Waals surface area contributed by atoms with Gasteiger partial charge in [0, 0.05) is 13.6 Å². The van der Waals surface area contributed by atoms with Crippen molar-refractivity contribution in [2.45, 2.75) is 38.5 Å². The Bertz CT molecular complexity index is 589. The Morgan fingerprint density at radius 3 is 2.33 bits per heavy atom. The molecule has 1 aromatic rings. The van der Waals surface area contributed by atoms with E-state index in [9.17, 15) is 9.59 Å². The van der Waals surface area contributed by atoms with Crippen molar-refractivity contribution < 1.29 is 14.3 Å². The zero-order valence-corrected chi connectivity index (χ0v) is 15.1. The molecular formula is C18H27N3O3. The largest absolute Gasteiger partial charge is 0.444 e. The summed E-state index contributed by atoms with van der Waals surface area (Å²) in [6.45, 7) is 6.78. The number of benzene rings is 1. The smallest absolute Gasteiger partial charge is 0.410 e. The predicted octanol–water partition coefficient (Wildman–Crippen LogP) is 1.85. The second kappa shape index (κ2) is 6.81. The lowest BCUT2D eigenvalue weighted by Crippen LogP contribution is -2.76. The fraction of sp³-hybridized carbons (Fsp3) is 0.556. The van der Waals surface area contributed by atoms with Gasteiger partial charge in [0.25, 0.3) is 0 Å². The molecule has 2 amide bonds. The summed E-state index contributed by atoms with van der Waals surface area (Å²) in [4.78, 5) is 28.2. The van der Waals surface area contributed by atoms with Gasteiger partial charge >= 0.3 is 6.09 Å². The molecule has 1 saturated heterocycles. The van der Waals surface area contributed by atoms with Crippen LogP contribution in [-0.4, -0.2) is 60.1 Å². The van der Waals surface area contributed by atoms with Crippen LogP contribution in [0.3, 0.4) is 0 Å². The van der Waals surface area contributed by atoms with Gasteiger partial charge in [0.05, 0.1) is 13.1 Å². The lowest BCUT2D eigenvalue weighted by atomic mass is 9.86. The average molecular weight is 333 g/mol. The number of hydrogen-bond acceptors (Lipinski definition) is 4. The van der Waals surface area contributed by atoms with E-state index in [2.05, 4.69) is 5.32 Å². The summed E-state index contributed by atoms with van der Waals surface area (Å²) in [5, 5.41) is 2.72. The first-order valence-corrected chi connectivity index (χ1v) is 8.13. The Morgan fingerprint density at radius 2 is 1.83 bits per heavy atom. The van der Waals surface area contributed by atoms with Crippen molar-refractivity contribution in [1.29, 1.82) is 0 Å². The van der Waals surface area contributed by atoms with Crippen LogP contribution in [0.4, 0.5) is 4.79 Å². The molecule has 1 aliphatic rings. The van der Waals surface area contributed by atoms with E-state index in [0.717, 1.165) is 5.56 Å². The Balaban J connectivity index is 2.07. The minimum atomic E-state index is -0.721. The Labute approximate surface area is 143 Å². The summed E-state index contributed by atoms with van der Waals surface area (Å²) in [5.41, 5.74) is -0.140. The topological polar surface area (TPSA) is 61.9 Å². The molecule has 24 heavy (non-hydrogen) atoms. The zero-order valence-electron chi connectivity index (χ0n) is 15.1. The molecular weight excluding hydrogens is 306 g/mol. The van der Waals surface area contributed by atoms with E-state index >= 15 is 0 Å². The van der Waals surface area contributed by atoms with Crippen molar-refractivity contribution in [3.63, 3.8) is 0 Å². The number of ether oxygens (including phenoxy) is 1. The van der Waals surface area contributed by atoms with Crippen LogP contribution >= 0.6 is 0 Å². The van der Waals surface area contributed by atoms with Gasteiger partial charge in [-0.25, -0.2) is 4.79 Å². The van der Waals surface area contributed by atoms with Gasteiger partial charge in [0.15, 0.2) is 0 Å². The molecule has 132 valence electrons. The van der Waals surface area contributed by atoms with E-state index in [0.29, 0.717) is 19.6 Å². The van der Waals surface area contributed by atoms with E-state index in [4.69, 9.17) is 4.74 Å². The summed E-state index contributed by atoms with van der Waals surface area (Å²) in [6, 6.07) is 9.97. The van der Waals surface area contributed by atoms with Gasteiger partial charge in [0.1, 0.15) is 11.1 Å². The quantitative estimate of drug-likeness (QED) is 0.913. The van der Waals surface area contributed by atoms with Crippen LogP contribution in [0, 0.1) is 0 Å². The number of amides is 2. The maximum Gasteiger partial charge on any atom is 0.410 e. The van der Waals surface area contributed by atoms with Crippen molar-refractivity contribution in [2.75, 3.05) is 27.2 Å². The normalized spacial score (nSPS) is 16.5. The Hall–Kier alpha value is -2.08. The summed E-state index contributed by atoms with van der Waals surface area (Å²) in [7, 11) is 3.53. The Morgan fingerprint density at radius 1 is 1.25 bits per heavy atom. The first-order valence-electron chi connectivity index (χ1n) is 8.13. The van der Waals surface area contributed by atoms with Crippen LogP contribution < -0.4 is 5.32 Å². The second-order valence-corrected chi connectivity index (χ2v) is 7.29. The van der Waals surface area contributed by atoms with Crippen molar-refractivity contribution in [3.05, 3.63) is 35.9 Å². The van der Waals surface area contributed by atoms with Crippen LogP contribution in [0.5, 0.6) is 0 Å². The van der Waals surface area contributed by atoms with Gasteiger partial charge in [-0.15, -0.1) is 0 Å². The molecule has 1 N–H and O–H groups in total. The molecule has 2 rings (SSSR count). The van der Waals surface area contributed by atoms with Crippen molar-refractivity contribution in [2.24, 2.45) is 0 Å². The van der Waals surface area contributed by atoms with Crippen LogP contribution in [0.15, 0.2) is 30.3 Å². The maximum absolute atomic E-state index is 12.5. The third-order valence-corrected chi connectivity index (χ3v) is 4.20. The Kier molecular flexibility index (Phi) is 5.18. The molecule has 0 spiro atoms. The summed E-state index contributed by atoms with van der Waals surface area (Å²) in [6.07, 6.45) is -0.380. The third-order valence-electron chi connectivity index (χ3n) is 4.20. The first-order chi connectivity index (χ1) is 11.2. The minimum absolute atomic E-state index is 0.0826. The molecule has 0 aromatic heterocycles. The van der Waals surface area contributed by atoms with Gasteiger partial charge < -0.3 is 15.0 Å². The molecule has 0 aliphatic carbocycles. The number of carbonyl (C=O) groups excluding carboxylic acids is 2. The minimum Gasteiger partial charge on any atom is -0.444 e. The van der Waals surface area contributed by atoms with Crippen LogP contribution in [0.1, 0.15) is 26.3 Å². The molecule has 0 radical (unpaired) electrons. The predicted molar refractivity (Wildman–Crippen MR) is 92.5 cm³/mol. The highest BCUT2D eigenvalue weighted by Gasteiger charge is 2.54. The van der Waals surface area contributed by atoms with Gasteiger partial charge in [-0.05, 0) is 33.4 Å². The number of hydrogen-bond donors (Lipinski definition) is 1. The molecule has 0 saturated carbocycles.